The molecule has 1 saturated heterocycles. The van der Waals surface area contributed by atoms with E-state index < -0.39 is 0 Å². The minimum atomic E-state index is -0.196. The van der Waals surface area contributed by atoms with Crippen LogP contribution in [0.4, 0.5) is 10.5 Å². The van der Waals surface area contributed by atoms with Crippen LogP contribution in [0.15, 0.2) is 42.6 Å². The molecule has 1 atom stereocenters. The van der Waals surface area contributed by atoms with E-state index in [0.29, 0.717) is 36.2 Å². The molecule has 0 aliphatic carbocycles. The third-order valence-corrected chi connectivity index (χ3v) is 4.00. The maximum absolute atomic E-state index is 12.5. The van der Waals surface area contributed by atoms with Gasteiger partial charge in [0.1, 0.15) is 6.10 Å². The number of rotatable bonds is 5. The first-order valence-corrected chi connectivity index (χ1v) is 8.06. The maximum Gasteiger partial charge on any atom is 0.322 e. The number of urea groups is 1. The average Bonchev–Trinajstić information content (AvgIpc) is 3.11. The first kappa shape index (κ1) is 16.9. The van der Waals surface area contributed by atoms with Crippen LogP contribution < -0.4 is 19.5 Å². The molecule has 1 unspecified atom stereocenters. The number of anilines is 1. The predicted octanol–water partition coefficient (Wildman–Crippen LogP) is 2.78. The number of nitrogens with zero attached hydrogens (tertiary/aromatic N) is 2. The van der Waals surface area contributed by atoms with Crippen molar-refractivity contribution in [3.63, 3.8) is 0 Å². The van der Waals surface area contributed by atoms with E-state index in [2.05, 4.69) is 10.3 Å². The summed E-state index contributed by atoms with van der Waals surface area (Å²) in [5.74, 6) is 1.64. The molecule has 132 valence electrons. The van der Waals surface area contributed by atoms with E-state index in [-0.39, 0.29) is 12.1 Å². The van der Waals surface area contributed by atoms with Crippen molar-refractivity contribution in [2.24, 2.45) is 0 Å². The van der Waals surface area contributed by atoms with Gasteiger partial charge >= 0.3 is 6.03 Å². The van der Waals surface area contributed by atoms with Gasteiger partial charge in [-0.2, -0.15) is 0 Å². The van der Waals surface area contributed by atoms with Crippen molar-refractivity contribution in [3.8, 4) is 17.4 Å². The highest BCUT2D eigenvalue weighted by atomic mass is 16.5. The smallest absolute Gasteiger partial charge is 0.322 e. The summed E-state index contributed by atoms with van der Waals surface area (Å²) in [5, 5.41) is 2.87. The van der Waals surface area contributed by atoms with Gasteiger partial charge in [0.05, 0.1) is 26.5 Å². The molecule has 0 radical (unpaired) electrons. The van der Waals surface area contributed by atoms with Crippen LogP contribution in [-0.4, -0.2) is 49.3 Å². The van der Waals surface area contributed by atoms with Crippen LogP contribution in [0, 0.1) is 0 Å². The lowest BCUT2D eigenvalue weighted by atomic mass is 10.2. The van der Waals surface area contributed by atoms with Gasteiger partial charge in [0.2, 0.25) is 5.88 Å². The number of pyridine rings is 1. The summed E-state index contributed by atoms with van der Waals surface area (Å²) >= 11 is 0. The maximum atomic E-state index is 12.5. The van der Waals surface area contributed by atoms with E-state index in [1.54, 1.807) is 43.5 Å². The van der Waals surface area contributed by atoms with Crippen molar-refractivity contribution in [2.75, 3.05) is 32.6 Å². The highest BCUT2D eigenvalue weighted by Gasteiger charge is 2.28. The van der Waals surface area contributed by atoms with Gasteiger partial charge < -0.3 is 24.4 Å². The molecule has 3 rings (SSSR count). The third kappa shape index (κ3) is 3.93. The molecule has 0 bridgehead atoms. The SMILES string of the molecule is COc1cccc(NC(=O)N2CCC(Oc3ccccn3)C2)c1OC. The molecule has 2 aromatic rings. The van der Waals surface area contributed by atoms with Crippen LogP contribution in [0.25, 0.3) is 0 Å². The second-order valence-corrected chi connectivity index (χ2v) is 5.61. The van der Waals surface area contributed by atoms with Gasteiger partial charge in [0.15, 0.2) is 11.5 Å². The number of carbonyl (C=O) groups excluding carboxylic acids is 1. The van der Waals surface area contributed by atoms with Crippen LogP contribution in [-0.2, 0) is 0 Å². The van der Waals surface area contributed by atoms with Crippen molar-refractivity contribution in [2.45, 2.75) is 12.5 Å². The fourth-order valence-electron chi connectivity index (χ4n) is 2.78. The number of methoxy groups -OCH3 is 2. The van der Waals surface area contributed by atoms with Gasteiger partial charge in [0, 0.05) is 25.2 Å². The zero-order valence-corrected chi connectivity index (χ0v) is 14.3. The number of benzene rings is 1. The summed E-state index contributed by atoms with van der Waals surface area (Å²) in [6.45, 7) is 1.13. The summed E-state index contributed by atoms with van der Waals surface area (Å²) < 4.78 is 16.4. The van der Waals surface area contributed by atoms with Crippen molar-refractivity contribution in [3.05, 3.63) is 42.6 Å². The van der Waals surface area contributed by atoms with Crippen LogP contribution >= 0.6 is 0 Å². The molecule has 7 heteroatoms. The molecule has 25 heavy (non-hydrogen) atoms. The number of hydrogen-bond acceptors (Lipinski definition) is 5. The van der Waals surface area contributed by atoms with E-state index in [9.17, 15) is 4.79 Å². The predicted molar refractivity (Wildman–Crippen MR) is 93.4 cm³/mol. The Bertz CT molecular complexity index is 724. The molecule has 1 aromatic carbocycles. The van der Waals surface area contributed by atoms with E-state index in [4.69, 9.17) is 14.2 Å². The number of aromatic nitrogens is 1. The summed E-state index contributed by atoms with van der Waals surface area (Å²) in [7, 11) is 3.10. The van der Waals surface area contributed by atoms with Crippen molar-refractivity contribution in [1.29, 1.82) is 0 Å². The van der Waals surface area contributed by atoms with Gasteiger partial charge in [0.25, 0.3) is 0 Å². The molecule has 1 aliphatic rings. The topological polar surface area (TPSA) is 72.9 Å². The Labute approximate surface area is 146 Å². The number of amides is 2. The Balaban J connectivity index is 1.61. The summed E-state index contributed by atoms with van der Waals surface area (Å²) in [4.78, 5) is 18.4. The lowest BCUT2D eigenvalue weighted by molar-refractivity contribution is 0.190. The normalized spacial score (nSPS) is 16.4. The summed E-state index contributed by atoms with van der Waals surface area (Å²) in [6, 6.07) is 10.7. The molecule has 0 saturated carbocycles. The number of ether oxygens (including phenoxy) is 3. The van der Waals surface area contributed by atoms with Gasteiger partial charge in [-0.15, -0.1) is 0 Å². The zero-order valence-electron chi connectivity index (χ0n) is 14.3. The van der Waals surface area contributed by atoms with Crippen molar-refractivity contribution < 1.29 is 19.0 Å². The fraction of sp³-hybridized carbons (Fsp3) is 0.333. The van der Waals surface area contributed by atoms with Crippen molar-refractivity contribution >= 4 is 11.7 Å². The second-order valence-electron chi connectivity index (χ2n) is 5.61. The van der Waals surface area contributed by atoms with Crippen LogP contribution in [0.2, 0.25) is 0 Å². The minimum absolute atomic E-state index is 0.0622. The quantitative estimate of drug-likeness (QED) is 0.904. The monoisotopic (exact) mass is 343 g/mol. The number of hydrogen-bond donors (Lipinski definition) is 1. The van der Waals surface area contributed by atoms with E-state index in [1.165, 1.54) is 0 Å². The highest BCUT2D eigenvalue weighted by molar-refractivity contribution is 5.91. The molecule has 1 aromatic heterocycles. The Hall–Kier alpha value is -2.96. The number of carbonyl (C=O) groups is 1. The lowest BCUT2D eigenvalue weighted by Crippen LogP contribution is -2.34. The molecular formula is C18H21N3O4. The number of likely N-dealkylation sites (tertiary alicyclic amines) is 1. The van der Waals surface area contributed by atoms with Crippen LogP contribution in [0.1, 0.15) is 6.42 Å². The first-order chi connectivity index (χ1) is 12.2. The van der Waals surface area contributed by atoms with E-state index >= 15 is 0 Å². The number of para-hydroxylation sites is 1. The van der Waals surface area contributed by atoms with E-state index in [1.807, 2.05) is 18.2 Å². The summed E-state index contributed by atoms with van der Waals surface area (Å²) in [5.41, 5.74) is 0.570. The fourth-order valence-corrected chi connectivity index (χ4v) is 2.78. The molecule has 1 aliphatic heterocycles. The van der Waals surface area contributed by atoms with Gasteiger partial charge in [-0.05, 0) is 18.2 Å². The summed E-state index contributed by atoms with van der Waals surface area (Å²) in [6.07, 6.45) is 2.39. The molecule has 1 N–H and O–H groups in total. The minimum Gasteiger partial charge on any atom is -0.493 e. The Kier molecular flexibility index (Phi) is 5.23. The van der Waals surface area contributed by atoms with Gasteiger partial charge in [-0.1, -0.05) is 12.1 Å². The van der Waals surface area contributed by atoms with Gasteiger partial charge in [-0.25, -0.2) is 9.78 Å². The number of nitrogens with one attached hydrogen (secondary N) is 1. The van der Waals surface area contributed by atoms with Crippen LogP contribution in [0.5, 0.6) is 17.4 Å². The average molecular weight is 343 g/mol. The van der Waals surface area contributed by atoms with Crippen LogP contribution in [0.3, 0.4) is 0 Å². The largest absolute Gasteiger partial charge is 0.493 e. The lowest BCUT2D eigenvalue weighted by Gasteiger charge is -2.19. The Morgan fingerprint density at radius 3 is 2.80 bits per heavy atom. The van der Waals surface area contributed by atoms with Crippen molar-refractivity contribution in [1.82, 2.24) is 9.88 Å². The van der Waals surface area contributed by atoms with E-state index in [0.717, 1.165) is 6.42 Å². The second kappa shape index (κ2) is 7.74. The molecule has 0 spiro atoms. The van der Waals surface area contributed by atoms with Gasteiger partial charge in [-0.3, -0.25) is 0 Å². The molecule has 7 nitrogen and oxygen atoms in total. The zero-order chi connectivity index (χ0) is 17.6. The Morgan fingerprint density at radius 2 is 2.08 bits per heavy atom. The molecule has 1 fully saturated rings. The highest BCUT2D eigenvalue weighted by Crippen LogP contribution is 2.35. The first-order valence-electron chi connectivity index (χ1n) is 8.06. The molecular weight excluding hydrogens is 322 g/mol. The standard InChI is InChI=1S/C18H21N3O4/c1-23-15-7-5-6-14(17(15)24-2)20-18(22)21-11-9-13(12-21)25-16-8-3-4-10-19-16/h3-8,10,13H,9,11-12H2,1-2H3,(H,20,22). The molecule has 2 amide bonds. The molecule has 2 heterocycles. The Morgan fingerprint density at radius 1 is 1.20 bits per heavy atom. The third-order valence-electron chi connectivity index (χ3n) is 4.00.